The zero-order valence-electron chi connectivity index (χ0n) is 11.6. The van der Waals surface area contributed by atoms with Crippen molar-refractivity contribution in [1.29, 1.82) is 0 Å². The van der Waals surface area contributed by atoms with Gasteiger partial charge in [0.15, 0.2) is 6.29 Å². The summed E-state index contributed by atoms with van der Waals surface area (Å²) in [5.74, 6) is 0.891. The molecule has 0 aromatic heterocycles. The zero-order valence-corrected chi connectivity index (χ0v) is 11.6. The molecule has 18 heavy (non-hydrogen) atoms. The molecule has 0 spiro atoms. The van der Waals surface area contributed by atoms with Gasteiger partial charge < -0.3 is 19.5 Å². The standard InChI is InChI=1S/C14H23NO3/c1-5-10-18-12-8-6-11(7-9-12)13(15-2)14(16-3)17-4/h6-9,13-15H,5,10H2,1-4H3. The highest BCUT2D eigenvalue weighted by molar-refractivity contribution is 5.29. The van der Waals surface area contributed by atoms with Crippen molar-refractivity contribution in [2.75, 3.05) is 27.9 Å². The van der Waals surface area contributed by atoms with Gasteiger partial charge in [0.1, 0.15) is 5.75 Å². The third-order valence-electron chi connectivity index (χ3n) is 2.76. The van der Waals surface area contributed by atoms with E-state index in [1.165, 1.54) is 0 Å². The summed E-state index contributed by atoms with van der Waals surface area (Å²) < 4.78 is 16.1. The fourth-order valence-electron chi connectivity index (χ4n) is 1.82. The predicted molar refractivity (Wildman–Crippen MR) is 71.8 cm³/mol. The molecular formula is C14H23NO3. The summed E-state index contributed by atoms with van der Waals surface area (Å²) in [6, 6.07) is 7.99. The maximum absolute atomic E-state index is 5.55. The maximum atomic E-state index is 5.55. The molecule has 0 heterocycles. The van der Waals surface area contributed by atoms with E-state index in [9.17, 15) is 0 Å². The Kier molecular flexibility index (Phi) is 6.72. The number of hydrogen-bond donors (Lipinski definition) is 1. The smallest absolute Gasteiger partial charge is 0.176 e. The van der Waals surface area contributed by atoms with Crippen molar-refractivity contribution >= 4 is 0 Å². The van der Waals surface area contributed by atoms with Gasteiger partial charge in [-0.2, -0.15) is 0 Å². The molecule has 102 valence electrons. The average Bonchev–Trinajstić information content (AvgIpc) is 2.43. The first-order chi connectivity index (χ1) is 8.76. The van der Waals surface area contributed by atoms with E-state index >= 15 is 0 Å². The first kappa shape index (κ1) is 15.0. The van der Waals surface area contributed by atoms with E-state index in [0.717, 1.165) is 24.3 Å². The molecule has 0 radical (unpaired) electrons. The third kappa shape index (κ3) is 3.98. The van der Waals surface area contributed by atoms with Crippen molar-refractivity contribution in [3.63, 3.8) is 0 Å². The van der Waals surface area contributed by atoms with Crippen molar-refractivity contribution < 1.29 is 14.2 Å². The van der Waals surface area contributed by atoms with Crippen molar-refractivity contribution in [3.8, 4) is 5.75 Å². The van der Waals surface area contributed by atoms with Crippen LogP contribution < -0.4 is 10.1 Å². The van der Waals surface area contributed by atoms with Gasteiger partial charge in [0.05, 0.1) is 12.6 Å². The van der Waals surface area contributed by atoms with Gasteiger partial charge in [-0.15, -0.1) is 0 Å². The van der Waals surface area contributed by atoms with Crippen LogP contribution in [0.2, 0.25) is 0 Å². The summed E-state index contributed by atoms with van der Waals surface area (Å²) >= 11 is 0. The molecule has 4 nitrogen and oxygen atoms in total. The van der Waals surface area contributed by atoms with Crippen LogP contribution in [0.4, 0.5) is 0 Å². The van der Waals surface area contributed by atoms with Crippen LogP contribution in [0.15, 0.2) is 24.3 Å². The molecule has 4 heteroatoms. The van der Waals surface area contributed by atoms with E-state index in [1.807, 2.05) is 31.3 Å². The van der Waals surface area contributed by atoms with Crippen molar-refractivity contribution in [1.82, 2.24) is 5.32 Å². The molecular weight excluding hydrogens is 230 g/mol. The Morgan fingerprint density at radius 1 is 1.11 bits per heavy atom. The maximum Gasteiger partial charge on any atom is 0.176 e. The number of hydrogen-bond acceptors (Lipinski definition) is 4. The summed E-state index contributed by atoms with van der Waals surface area (Å²) in [6.07, 6.45) is 0.702. The number of rotatable bonds is 8. The Morgan fingerprint density at radius 2 is 1.72 bits per heavy atom. The second kappa shape index (κ2) is 8.08. The van der Waals surface area contributed by atoms with E-state index in [4.69, 9.17) is 14.2 Å². The molecule has 0 saturated heterocycles. The number of benzene rings is 1. The van der Waals surface area contributed by atoms with Crippen LogP contribution >= 0.6 is 0 Å². The Labute approximate surface area is 109 Å². The van der Waals surface area contributed by atoms with E-state index in [1.54, 1.807) is 14.2 Å². The molecule has 0 fully saturated rings. The Bertz CT molecular complexity index is 322. The van der Waals surface area contributed by atoms with Crippen LogP contribution in [0, 0.1) is 0 Å². The summed E-state index contributed by atoms with van der Waals surface area (Å²) in [5.41, 5.74) is 1.11. The Morgan fingerprint density at radius 3 is 2.17 bits per heavy atom. The van der Waals surface area contributed by atoms with E-state index in [0.29, 0.717) is 0 Å². The number of methoxy groups -OCH3 is 2. The monoisotopic (exact) mass is 253 g/mol. The molecule has 0 aliphatic rings. The second-order valence-corrected chi connectivity index (χ2v) is 4.02. The van der Waals surface area contributed by atoms with Gasteiger partial charge in [0.25, 0.3) is 0 Å². The van der Waals surface area contributed by atoms with Gasteiger partial charge in [-0.05, 0) is 31.2 Å². The number of ether oxygens (including phenoxy) is 3. The molecule has 1 atom stereocenters. The lowest BCUT2D eigenvalue weighted by molar-refractivity contribution is -0.123. The lowest BCUT2D eigenvalue weighted by atomic mass is 10.1. The SMILES string of the molecule is CCCOc1ccc(C(NC)C(OC)OC)cc1. The molecule has 1 rings (SSSR count). The quantitative estimate of drug-likeness (QED) is 0.722. The zero-order chi connectivity index (χ0) is 13.4. The molecule has 0 aliphatic heterocycles. The number of likely N-dealkylation sites (N-methyl/N-ethyl adjacent to an activating group) is 1. The van der Waals surface area contributed by atoms with Crippen molar-refractivity contribution in [2.45, 2.75) is 25.7 Å². The lowest BCUT2D eigenvalue weighted by Crippen LogP contribution is -2.32. The summed E-state index contributed by atoms with van der Waals surface area (Å²) in [7, 11) is 5.16. The Hall–Kier alpha value is -1.10. The van der Waals surface area contributed by atoms with Crippen LogP contribution in [-0.4, -0.2) is 34.2 Å². The molecule has 1 unspecified atom stereocenters. The number of nitrogens with one attached hydrogen (secondary N) is 1. The molecule has 0 saturated carbocycles. The summed E-state index contributed by atoms with van der Waals surface area (Å²) in [4.78, 5) is 0. The van der Waals surface area contributed by atoms with Gasteiger partial charge in [-0.1, -0.05) is 19.1 Å². The Balaban J connectivity index is 2.74. The van der Waals surface area contributed by atoms with E-state index in [2.05, 4.69) is 12.2 Å². The van der Waals surface area contributed by atoms with Gasteiger partial charge in [0.2, 0.25) is 0 Å². The van der Waals surface area contributed by atoms with Crippen LogP contribution in [0.5, 0.6) is 5.75 Å². The van der Waals surface area contributed by atoms with Crippen LogP contribution in [0.1, 0.15) is 24.9 Å². The molecule has 1 aromatic rings. The van der Waals surface area contributed by atoms with Crippen LogP contribution in [0.3, 0.4) is 0 Å². The fraction of sp³-hybridized carbons (Fsp3) is 0.571. The van der Waals surface area contributed by atoms with Crippen molar-refractivity contribution in [2.24, 2.45) is 0 Å². The van der Waals surface area contributed by atoms with Crippen molar-refractivity contribution in [3.05, 3.63) is 29.8 Å². The average molecular weight is 253 g/mol. The second-order valence-electron chi connectivity index (χ2n) is 4.02. The summed E-state index contributed by atoms with van der Waals surface area (Å²) in [5, 5.41) is 3.19. The van der Waals surface area contributed by atoms with Gasteiger partial charge in [-0.25, -0.2) is 0 Å². The molecule has 1 aromatic carbocycles. The third-order valence-corrected chi connectivity index (χ3v) is 2.76. The van der Waals surface area contributed by atoms with Gasteiger partial charge >= 0.3 is 0 Å². The minimum atomic E-state index is -0.308. The topological polar surface area (TPSA) is 39.7 Å². The molecule has 0 amide bonds. The fourth-order valence-corrected chi connectivity index (χ4v) is 1.82. The highest BCUT2D eigenvalue weighted by atomic mass is 16.7. The molecule has 1 N–H and O–H groups in total. The molecule has 0 bridgehead atoms. The summed E-state index contributed by atoms with van der Waals surface area (Å²) in [6.45, 7) is 2.83. The van der Waals surface area contributed by atoms with E-state index in [-0.39, 0.29) is 12.3 Å². The largest absolute Gasteiger partial charge is 0.494 e. The minimum absolute atomic E-state index is 0.000208. The van der Waals surface area contributed by atoms with Crippen LogP contribution in [-0.2, 0) is 9.47 Å². The van der Waals surface area contributed by atoms with E-state index < -0.39 is 0 Å². The minimum Gasteiger partial charge on any atom is -0.494 e. The van der Waals surface area contributed by atoms with Crippen LogP contribution in [0.25, 0.3) is 0 Å². The highest BCUT2D eigenvalue weighted by Gasteiger charge is 2.20. The highest BCUT2D eigenvalue weighted by Crippen LogP contribution is 2.22. The molecule has 0 aliphatic carbocycles. The normalized spacial score (nSPS) is 12.7. The first-order valence-electron chi connectivity index (χ1n) is 6.22. The predicted octanol–water partition coefficient (Wildman–Crippen LogP) is 2.35. The van der Waals surface area contributed by atoms with Gasteiger partial charge in [-0.3, -0.25) is 0 Å². The van der Waals surface area contributed by atoms with Gasteiger partial charge in [0, 0.05) is 14.2 Å². The first-order valence-corrected chi connectivity index (χ1v) is 6.22. The lowest BCUT2D eigenvalue weighted by Gasteiger charge is -2.24.